The van der Waals surface area contributed by atoms with Gasteiger partial charge in [-0.3, -0.25) is 19.3 Å². The van der Waals surface area contributed by atoms with Gasteiger partial charge in [0.05, 0.1) is 16.1 Å². The molecule has 0 bridgehead atoms. The molecule has 0 aliphatic carbocycles. The van der Waals surface area contributed by atoms with Gasteiger partial charge in [0.2, 0.25) is 5.91 Å². The molecule has 41 heavy (non-hydrogen) atoms. The average molecular weight is 657 g/mol. The van der Waals surface area contributed by atoms with Crippen LogP contribution in [0.5, 0.6) is 5.75 Å². The van der Waals surface area contributed by atoms with E-state index in [1.807, 2.05) is 6.07 Å². The number of amides is 3. The Hall–Kier alpha value is -3.79. The van der Waals surface area contributed by atoms with Crippen LogP contribution < -0.4 is 10.1 Å². The number of imide groups is 1. The second-order valence-electron chi connectivity index (χ2n) is 9.24. The van der Waals surface area contributed by atoms with E-state index >= 15 is 0 Å². The highest BCUT2D eigenvalue weighted by Gasteiger charge is 2.43. The zero-order valence-corrected chi connectivity index (χ0v) is 24.5. The van der Waals surface area contributed by atoms with E-state index in [0.29, 0.717) is 4.47 Å². The zero-order chi connectivity index (χ0) is 29.3. The van der Waals surface area contributed by atoms with Crippen LogP contribution in [0.15, 0.2) is 83.5 Å². The molecule has 11 heteroatoms. The van der Waals surface area contributed by atoms with Gasteiger partial charge in [-0.1, -0.05) is 65.7 Å². The molecule has 5 rings (SSSR count). The predicted molar refractivity (Wildman–Crippen MR) is 157 cm³/mol. The number of rotatable bonds is 8. The molecular weight excluding hydrogens is 636 g/mol. The average Bonchev–Trinajstić information content (AvgIpc) is 3.21. The fourth-order valence-electron chi connectivity index (χ4n) is 4.60. The van der Waals surface area contributed by atoms with Crippen molar-refractivity contribution in [2.24, 2.45) is 0 Å². The van der Waals surface area contributed by atoms with E-state index in [0.717, 1.165) is 16.5 Å². The smallest absolute Gasteiger partial charge is 0.262 e. The third-order valence-corrected chi connectivity index (χ3v) is 7.71. The summed E-state index contributed by atoms with van der Waals surface area (Å²) in [5.41, 5.74) is 1.42. The van der Waals surface area contributed by atoms with Crippen LogP contribution in [-0.4, -0.2) is 33.6 Å². The van der Waals surface area contributed by atoms with Crippen molar-refractivity contribution in [1.82, 2.24) is 9.88 Å². The lowest BCUT2D eigenvalue weighted by Gasteiger charge is -2.26. The van der Waals surface area contributed by atoms with Crippen LogP contribution in [0.2, 0.25) is 10.0 Å². The molecule has 0 spiro atoms. The lowest BCUT2D eigenvalue weighted by atomic mass is 10.0. The molecule has 2 heterocycles. The molecule has 1 aromatic heterocycles. The number of carbonyl (C=O) groups excluding carboxylic acids is 3. The summed E-state index contributed by atoms with van der Waals surface area (Å²) in [5.74, 6) is -2.30. The van der Waals surface area contributed by atoms with E-state index in [-0.39, 0.29) is 44.7 Å². The Kier molecular flexibility index (Phi) is 8.40. The van der Waals surface area contributed by atoms with E-state index in [2.05, 4.69) is 26.2 Å². The zero-order valence-electron chi connectivity index (χ0n) is 21.4. The number of benzene rings is 3. The van der Waals surface area contributed by atoms with Crippen molar-refractivity contribution in [3.05, 3.63) is 122 Å². The Morgan fingerprint density at radius 3 is 2.32 bits per heavy atom. The van der Waals surface area contributed by atoms with Crippen molar-refractivity contribution >= 4 is 62.7 Å². The molecule has 208 valence electrons. The summed E-state index contributed by atoms with van der Waals surface area (Å²) in [6, 6.07) is 18.4. The Bertz CT molecular complexity index is 1640. The molecule has 3 aromatic carbocycles. The van der Waals surface area contributed by atoms with Gasteiger partial charge < -0.3 is 10.1 Å². The van der Waals surface area contributed by atoms with Crippen molar-refractivity contribution < 1.29 is 23.5 Å². The van der Waals surface area contributed by atoms with Gasteiger partial charge in [0.1, 0.15) is 18.0 Å². The first-order valence-electron chi connectivity index (χ1n) is 12.4. The number of halogens is 4. The second-order valence-corrected chi connectivity index (χ2v) is 10.9. The molecular formula is C30H21BrCl2FN3O4. The van der Waals surface area contributed by atoms with E-state index in [4.69, 9.17) is 27.9 Å². The fourth-order valence-corrected chi connectivity index (χ4v) is 5.59. The number of hydrogen-bond acceptors (Lipinski definition) is 5. The number of ether oxygens (including phenoxy) is 1. The summed E-state index contributed by atoms with van der Waals surface area (Å²) < 4.78 is 20.8. The molecule has 0 radical (unpaired) electrons. The van der Waals surface area contributed by atoms with Crippen LogP contribution in [0, 0.1) is 5.82 Å². The first-order valence-corrected chi connectivity index (χ1v) is 14.0. The van der Waals surface area contributed by atoms with E-state index < -0.39 is 35.7 Å². The maximum absolute atomic E-state index is 14.2. The SMILES string of the molecule is C[C@@H](Oc1cc(Br)cnc1NC(=O)[C@H](Cc1ccccc1)N1C(=O)c2ccccc2C1=O)c1c(Cl)ccc(F)c1Cl. The molecule has 1 aliphatic rings. The Labute approximate surface area is 253 Å². The van der Waals surface area contributed by atoms with Gasteiger partial charge in [0.15, 0.2) is 11.6 Å². The summed E-state index contributed by atoms with van der Waals surface area (Å²) in [6.45, 7) is 1.62. The van der Waals surface area contributed by atoms with Crippen LogP contribution in [0.3, 0.4) is 0 Å². The molecule has 0 fully saturated rings. The van der Waals surface area contributed by atoms with Crippen molar-refractivity contribution in [3.63, 3.8) is 0 Å². The maximum Gasteiger partial charge on any atom is 0.262 e. The second kappa shape index (κ2) is 12.0. The molecule has 0 saturated carbocycles. The normalized spacial score (nSPS) is 14.0. The van der Waals surface area contributed by atoms with Crippen molar-refractivity contribution in [2.75, 3.05) is 5.32 Å². The number of pyridine rings is 1. The molecule has 0 saturated heterocycles. The van der Waals surface area contributed by atoms with Gasteiger partial charge >= 0.3 is 0 Å². The molecule has 7 nitrogen and oxygen atoms in total. The van der Waals surface area contributed by atoms with Crippen molar-refractivity contribution in [2.45, 2.75) is 25.5 Å². The van der Waals surface area contributed by atoms with Gasteiger partial charge in [0.25, 0.3) is 11.8 Å². The van der Waals surface area contributed by atoms with Gasteiger partial charge in [-0.05, 0) is 58.7 Å². The summed E-state index contributed by atoms with van der Waals surface area (Å²) in [4.78, 5) is 45.7. The topological polar surface area (TPSA) is 88.6 Å². The quantitative estimate of drug-likeness (QED) is 0.159. The first kappa shape index (κ1) is 28.7. The third-order valence-electron chi connectivity index (χ3n) is 6.56. The number of nitrogens with zero attached hydrogens (tertiary/aromatic N) is 2. The molecule has 0 unspecified atom stereocenters. The van der Waals surface area contributed by atoms with Crippen LogP contribution in [-0.2, 0) is 11.2 Å². The van der Waals surface area contributed by atoms with Crippen LogP contribution >= 0.6 is 39.1 Å². The third kappa shape index (κ3) is 5.84. The van der Waals surface area contributed by atoms with Gasteiger partial charge in [-0.15, -0.1) is 0 Å². The van der Waals surface area contributed by atoms with Crippen LogP contribution in [0.4, 0.5) is 10.2 Å². The Morgan fingerprint density at radius 1 is 1.02 bits per heavy atom. The van der Waals surface area contributed by atoms with Gasteiger partial charge in [-0.25, -0.2) is 9.37 Å². The Balaban J connectivity index is 1.47. The summed E-state index contributed by atoms with van der Waals surface area (Å²) >= 11 is 15.8. The minimum Gasteiger partial charge on any atom is -0.482 e. The number of anilines is 1. The number of nitrogens with one attached hydrogen (secondary N) is 1. The lowest BCUT2D eigenvalue weighted by molar-refractivity contribution is -0.120. The predicted octanol–water partition coefficient (Wildman–Crippen LogP) is 7.28. The molecule has 1 N–H and O–H groups in total. The van der Waals surface area contributed by atoms with Crippen LogP contribution in [0.25, 0.3) is 0 Å². The largest absolute Gasteiger partial charge is 0.482 e. The molecule has 4 aromatic rings. The first-order chi connectivity index (χ1) is 19.7. The molecule has 2 atom stereocenters. The molecule has 3 amide bonds. The minimum absolute atomic E-state index is 0.0170. The highest BCUT2D eigenvalue weighted by molar-refractivity contribution is 9.10. The minimum atomic E-state index is -1.20. The van der Waals surface area contributed by atoms with E-state index in [1.165, 1.54) is 12.3 Å². The Morgan fingerprint density at radius 2 is 1.66 bits per heavy atom. The highest BCUT2D eigenvalue weighted by atomic mass is 79.9. The fraction of sp³-hybridized carbons (Fsp3) is 0.133. The van der Waals surface area contributed by atoms with Gasteiger partial charge in [0, 0.05) is 27.7 Å². The highest BCUT2D eigenvalue weighted by Crippen LogP contribution is 2.37. The standard InChI is InChI=1S/C30H21BrCl2FN3O4/c1-16(25-21(32)11-12-22(34)26(25)33)41-24-14-18(31)15-35-27(24)36-28(38)23(13-17-7-3-2-4-8-17)37-29(39)19-9-5-6-10-20(19)30(37)40/h2-12,14-16,23H,13H2,1H3,(H,35,36,38)/t16-,23+/m1/s1. The van der Waals surface area contributed by atoms with Crippen molar-refractivity contribution in [1.29, 1.82) is 0 Å². The van der Waals surface area contributed by atoms with Crippen molar-refractivity contribution in [3.8, 4) is 5.75 Å². The van der Waals surface area contributed by atoms with E-state index in [1.54, 1.807) is 61.5 Å². The number of fused-ring (bicyclic) bond motifs is 1. The molecule has 1 aliphatic heterocycles. The van der Waals surface area contributed by atoms with Gasteiger partial charge in [-0.2, -0.15) is 0 Å². The van der Waals surface area contributed by atoms with Crippen LogP contribution in [0.1, 0.15) is 44.9 Å². The summed E-state index contributed by atoms with van der Waals surface area (Å²) in [5, 5.41) is 2.73. The van der Waals surface area contributed by atoms with E-state index in [9.17, 15) is 18.8 Å². The number of carbonyl (C=O) groups is 3. The lowest BCUT2D eigenvalue weighted by Crippen LogP contribution is -2.48. The summed E-state index contributed by atoms with van der Waals surface area (Å²) in [7, 11) is 0. The monoisotopic (exact) mass is 655 g/mol. The maximum atomic E-state index is 14.2. The number of hydrogen-bond donors (Lipinski definition) is 1. The summed E-state index contributed by atoms with van der Waals surface area (Å²) in [6.07, 6.45) is 0.674. The number of aromatic nitrogens is 1.